The van der Waals surface area contributed by atoms with Crippen molar-refractivity contribution in [2.75, 3.05) is 6.54 Å². The Hall–Kier alpha value is -0.860. The van der Waals surface area contributed by atoms with Crippen LogP contribution in [0.1, 0.15) is 37.9 Å². The van der Waals surface area contributed by atoms with Crippen LogP contribution in [0.4, 0.5) is 0 Å². The summed E-state index contributed by atoms with van der Waals surface area (Å²) in [7, 11) is 0. The van der Waals surface area contributed by atoms with Gasteiger partial charge in [-0.3, -0.25) is 0 Å². The number of fused-ring (bicyclic) bond motifs is 1. The van der Waals surface area contributed by atoms with Gasteiger partial charge in [-0.2, -0.15) is 0 Å². The van der Waals surface area contributed by atoms with E-state index in [1.807, 2.05) is 0 Å². The van der Waals surface area contributed by atoms with Crippen LogP contribution in [0.25, 0.3) is 0 Å². The van der Waals surface area contributed by atoms with Gasteiger partial charge in [0, 0.05) is 12.6 Å². The topological polar surface area (TPSA) is 32.3 Å². The van der Waals surface area contributed by atoms with Crippen molar-refractivity contribution in [2.45, 2.75) is 39.3 Å². The molecule has 3 atom stereocenters. The van der Waals surface area contributed by atoms with E-state index in [1.54, 1.807) is 0 Å². The molecule has 2 N–H and O–H groups in total. The molecular weight excluding hydrogens is 210 g/mol. The van der Waals surface area contributed by atoms with Gasteiger partial charge in [-0.05, 0) is 29.4 Å². The summed E-state index contributed by atoms with van der Waals surface area (Å²) >= 11 is 0. The first-order valence-electron chi connectivity index (χ1n) is 6.59. The second-order valence-corrected chi connectivity index (χ2v) is 5.58. The van der Waals surface area contributed by atoms with Crippen LogP contribution in [-0.4, -0.2) is 17.8 Å². The maximum absolute atomic E-state index is 9.86. The normalized spacial score (nSPS) is 25.0. The molecule has 0 fully saturated rings. The van der Waals surface area contributed by atoms with Gasteiger partial charge < -0.3 is 10.4 Å². The molecule has 0 bridgehead atoms. The highest BCUT2D eigenvalue weighted by Crippen LogP contribution is 2.35. The Morgan fingerprint density at radius 3 is 2.76 bits per heavy atom. The van der Waals surface area contributed by atoms with Crippen LogP contribution in [0, 0.1) is 11.8 Å². The minimum atomic E-state index is -0.255. The molecule has 0 aliphatic heterocycles. The lowest BCUT2D eigenvalue weighted by Gasteiger charge is -2.22. The number of rotatable bonds is 4. The van der Waals surface area contributed by atoms with Crippen LogP contribution in [-0.2, 0) is 6.42 Å². The lowest BCUT2D eigenvalue weighted by Crippen LogP contribution is -2.34. The van der Waals surface area contributed by atoms with Crippen molar-refractivity contribution in [3.8, 4) is 0 Å². The van der Waals surface area contributed by atoms with Gasteiger partial charge in [0.1, 0.15) is 0 Å². The van der Waals surface area contributed by atoms with Crippen LogP contribution in [0.3, 0.4) is 0 Å². The third kappa shape index (κ3) is 2.70. The quantitative estimate of drug-likeness (QED) is 0.837. The minimum Gasteiger partial charge on any atom is -0.392 e. The average molecular weight is 233 g/mol. The first-order valence-corrected chi connectivity index (χ1v) is 6.59. The molecule has 2 heteroatoms. The first-order chi connectivity index (χ1) is 8.09. The van der Waals surface area contributed by atoms with E-state index in [0.717, 1.165) is 6.42 Å². The van der Waals surface area contributed by atoms with Gasteiger partial charge in [-0.15, -0.1) is 0 Å². The van der Waals surface area contributed by atoms with Crippen molar-refractivity contribution in [2.24, 2.45) is 11.8 Å². The van der Waals surface area contributed by atoms with Crippen LogP contribution in [0.15, 0.2) is 24.3 Å². The van der Waals surface area contributed by atoms with Crippen LogP contribution < -0.4 is 5.32 Å². The summed E-state index contributed by atoms with van der Waals surface area (Å²) in [4.78, 5) is 0. The summed E-state index contributed by atoms with van der Waals surface area (Å²) < 4.78 is 0. The van der Waals surface area contributed by atoms with E-state index in [1.165, 1.54) is 11.1 Å². The molecule has 0 spiro atoms. The molecule has 3 unspecified atom stereocenters. The number of aliphatic hydroxyl groups is 1. The van der Waals surface area contributed by atoms with Gasteiger partial charge in [0.05, 0.1) is 6.10 Å². The molecule has 2 nitrogen and oxygen atoms in total. The predicted molar refractivity (Wildman–Crippen MR) is 70.9 cm³/mol. The zero-order valence-corrected chi connectivity index (χ0v) is 11.0. The predicted octanol–water partition coefficient (Wildman–Crippen LogP) is 2.53. The van der Waals surface area contributed by atoms with E-state index in [0.29, 0.717) is 24.4 Å². The van der Waals surface area contributed by atoms with E-state index < -0.39 is 0 Å². The summed E-state index contributed by atoms with van der Waals surface area (Å²) in [5, 5.41) is 13.4. The largest absolute Gasteiger partial charge is 0.392 e. The van der Waals surface area contributed by atoms with Gasteiger partial charge in [0.2, 0.25) is 0 Å². The Labute approximate surface area is 104 Å². The third-order valence-corrected chi connectivity index (χ3v) is 3.82. The van der Waals surface area contributed by atoms with Gasteiger partial charge in [-0.25, -0.2) is 0 Å². The van der Waals surface area contributed by atoms with Crippen molar-refractivity contribution in [3.63, 3.8) is 0 Å². The number of hydrogen-bond donors (Lipinski definition) is 2. The molecule has 0 heterocycles. The van der Waals surface area contributed by atoms with Gasteiger partial charge in [0.25, 0.3) is 0 Å². The van der Waals surface area contributed by atoms with Gasteiger partial charge in [0.15, 0.2) is 0 Å². The summed E-state index contributed by atoms with van der Waals surface area (Å²) in [5.74, 6) is 0.932. The Morgan fingerprint density at radius 2 is 2.06 bits per heavy atom. The Morgan fingerprint density at radius 1 is 1.35 bits per heavy atom. The molecule has 1 aromatic rings. The molecule has 0 saturated heterocycles. The molecule has 94 valence electrons. The third-order valence-electron chi connectivity index (χ3n) is 3.82. The molecule has 1 aliphatic rings. The zero-order chi connectivity index (χ0) is 12.4. The fourth-order valence-electron chi connectivity index (χ4n) is 2.59. The van der Waals surface area contributed by atoms with Crippen molar-refractivity contribution in [1.82, 2.24) is 5.32 Å². The summed E-state index contributed by atoms with van der Waals surface area (Å²) in [6.07, 6.45) is 0.890. The smallest absolute Gasteiger partial charge is 0.0687 e. The van der Waals surface area contributed by atoms with Crippen LogP contribution >= 0.6 is 0 Å². The lowest BCUT2D eigenvalue weighted by atomic mass is 10.0. The number of hydrogen-bond acceptors (Lipinski definition) is 2. The van der Waals surface area contributed by atoms with Crippen molar-refractivity contribution in [3.05, 3.63) is 35.4 Å². The fourth-order valence-corrected chi connectivity index (χ4v) is 2.59. The maximum atomic E-state index is 9.86. The monoisotopic (exact) mass is 233 g/mol. The second-order valence-electron chi connectivity index (χ2n) is 5.58. The molecule has 1 aliphatic carbocycles. The Bertz CT molecular complexity index is 375. The second kappa shape index (κ2) is 5.19. The number of benzene rings is 1. The summed E-state index contributed by atoms with van der Waals surface area (Å²) in [6.45, 7) is 7.07. The Kier molecular flexibility index (Phi) is 3.85. The molecule has 2 rings (SSSR count). The van der Waals surface area contributed by atoms with E-state index in [9.17, 15) is 5.11 Å². The van der Waals surface area contributed by atoms with Crippen molar-refractivity contribution >= 4 is 0 Å². The van der Waals surface area contributed by atoms with Crippen molar-refractivity contribution < 1.29 is 5.11 Å². The summed E-state index contributed by atoms with van der Waals surface area (Å²) in [5.41, 5.74) is 2.87. The molecule has 0 amide bonds. The highest BCUT2D eigenvalue weighted by Gasteiger charge is 2.28. The Balaban J connectivity index is 2.02. The molecule has 17 heavy (non-hydrogen) atoms. The summed E-state index contributed by atoms with van der Waals surface area (Å²) in [6, 6.07) is 9.03. The number of nitrogens with one attached hydrogen (secondary N) is 1. The molecule has 0 aromatic heterocycles. The molecule has 1 aromatic carbocycles. The first kappa shape index (κ1) is 12.6. The van der Waals surface area contributed by atoms with Crippen molar-refractivity contribution in [1.29, 1.82) is 0 Å². The lowest BCUT2D eigenvalue weighted by molar-refractivity contribution is 0.118. The minimum absolute atomic E-state index is 0.255. The highest BCUT2D eigenvalue weighted by molar-refractivity contribution is 5.35. The standard InChI is InChI=1S/C15H23NO/c1-10(2)14(17)9-16-15-11(3)8-12-6-4-5-7-13(12)15/h4-7,10-11,14-17H,8-9H2,1-3H3. The van der Waals surface area contributed by atoms with E-state index in [2.05, 4.69) is 50.4 Å². The van der Waals surface area contributed by atoms with Gasteiger partial charge >= 0.3 is 0 Å². The average Bonchev–Trinajstić information content (AvgIpc) is 2.61. The molecule has 0 saturated carbocycles. The maximum Gasteiger partial charge on any atom is 0.0687 e. The van der Waals surface area contributed by atoms with E-state index in [4.69, 9.17) is 0 Å². The van der Waals surface area contributed by atoms with Crippen LogP contribution in [0.2, 0.25) is 0 Å². The van der Waals surface area contributed by atoms with E-state index >= 15 is 0 Å². The van der Waals surface area contributed by atoms with Crippen LogP contribution in [0.5, 0.6) is 0 Å². The zero-order valence-electron chi connectivity index (χ0n) is 11.0. The SMILES string of the molecule is CC(C)C(O)CNC1c2ccccc2CC1C. The molecular formula is C15H23NO. The van der Waals surface area contributed by atoms with E-state index in [-0.39, 0.29) is 6.10 Å². The highest BCUT2D eigenvalue weighted by atomic mass is 16.3. The number of aliphatic hydroxyl groups excluding tert-OH is 1. The van der Waals surface area contributed by atoms with Gasteiger partial charge in [-0.1, -0.05) is 45.0 Å². The fraction of sp³-hybridized carbons (Fsp3) is 0.600. The molecule has 0 radical (unpaired) electrons.